The molecule has 2 aromatic heterocycles. The van der Waals surface area contributed by atoms with E-state index in [1.165, 1.54) is 0 Å². The molecule has 3 rings (SSSR count). The largest absolute Gasteiger partial charge is 0.387 e. The predicted molar refractivity (Wildman–Crippen MR) is 85.9 cm³/mol. The number of halogens is 1. The number of hydrogen-bond acceptors (Lipinski definition) is 5. The Morgan fingerprint density at radius 2 is 1.87 bits per heavy atom. The Kier molecular flexibility index (Phi) is 4.43. The fraction of sp³-hybridized carbons (Fsp3) is 0.176. The fourth-order valence-corrected chi connectivity index (χ4v) is 2.51. The second-order valence-corrected chi connectivity index (χ2v) is 5.62. The van der Waals surface area contributed by atoms with Gasteiger partial charge in [0, 0.05) is 28.5 Å². The van der Waals surface area contributed by atoms with Gasteiger partial charge in [-0.05, 0) is 37.3 Å². The highest BCUT2D eigenvalue weighted by atomic mass is 35.5. The zero-order valence-corrected chi connectivity index (χ0v) is 13.1. The van der Waals surface area contributed by atoms with Crippen molar-refractivity contribution in [3.63, 3.8) is 0 Å². The molecule has 5 nitrogen and oxygen atoms in total. The summed E-state index contributed by atoms with van der Waals surface area (Å²) in [7, 11) is 0. The van der Waals surface area contributed by atoms with Crippen molar-refractivity contribution >= 4 is 11.6 Å². The van der Waals surface area contributed by atoms with Crippen LogP contribution >= 0.6 is 11.6 Å². The monoisotopic (exact) mass is 330 g/mol. The van der Waals surface area contributed by atoms with Crippen molar-refractivity contribution in [1.82, 2.24) is 10.1 Å². The molecule has 0 radical (unpaired) electrons. The van der Waals surface area contributed by atoms with Crippen molar-refractivity contribution in [3.8, 4) is 11.3 Å². The zero-order valence-electron chi connectivity index (χ0n) is 12.3. The average molecular weight is 331 g/mol. The molecule has 0 fully saturated rings. The zero-order chi connectivity index (χ0) is 16.4. The van der Waals surface area contributed by atoms with Crippen molar-refractivity contribution in [2.24, 2.45) is 0 Å². The molecule has 0 bridgehead atoms. The first-order valence-corrected chi connectivity index (χ1v) is 7.47. The summed E-state index contributed by atoms with van der Waals surface area (Å²) in [5.41, 5.74) is 2.03. The van der Waals surface area contributed by atoms with E-state index in [-0.39, 0.29) is 0 Å². The van der Waals surface area contributed by atoms with Crippen molar-refractivity contribution in [3.05, 3.63) is 70.6 Å². The van der Waals surface area contributed by atoms with Gasteiger partial charge in [0.05, 0.1) is 11.7 Å². The third-order valence-corrected chi connectivity index (χ3v) is 3.78. The Balaban J connectivity index is 2.13. The minimum absolute atomic E-state index is 0.298. The van der Waals surface area contributed by atoms with Crippen LogP contribution < -0.4 is 0 Å². The summed E-state index contributed by atoms with van der Waals surface area (Å²) >= 11 is 5.91. The highest BCUT2D eigenvalue weighted by molar-refractivity contribution is 6.30. The number of aliphatic hydroxyl groups is 2. The van der Waals surface area contributed by atoms with E-state index in [9.17, 15) is 10.2 Å². The lowest BCUT2D eigenvalue weighted by Gasteiger charge is -2.13. The Morgan fingerprint density at radius 1 is 1.13 bits per heavy atom. The highest BCUT2D eigenvalue weighted by Gasteiger charge is 2.27. The molecule has 0 aliphatic carbocycles. The molecule has 2 unspecified atom stereocenters. The average Bonchev–Trinajstić information content (AvgIpc) is 3.01. The maximum Gasteiger partial charge on any atom is 0.173 e. The summed E-state index contributed by atoms with van der Waals surface area (Å²) in [4.78, 5) is 4.01. The maximum atomic E-state index is 10.7. The third kappa shape index (κ3) is 3.12. The number of hydrogen-bond donors (Lipinski definition) is 2. The molecule has 2 heterocycles. The van der Waals surface area contributed by atoms with Gasteiger partial charge in [-0.2, -0.15) is 0 Å². The number of aliphatic hydroxyl groups excluding tert-OH is 2. The van der Waals surface area contributed by atoms with Gasteiger partial charge < -0.3 is 14.7 Å². The first-order valence-electron chi connectivity index (χ1n) is 7.09. The summed E-state index contributed by atoms with van der Waals surface area (Å²) in [5, 5.41) is 25.2. The van der Waals surface area contributed by atoms with Crippen LogP contribution in [-0.2, 0) is 0 Å². The van der Waals surface area contributed by atoms with E-state index in [4.69, 9.17) is 16.1 Å². The Morgan fingerprint density at radius 3 is 2.48 bits per heavy atom. The Bertz CT molecular complexity index is 785. The van der Waals surface area contributed by atoms with Crippen molar-refractivity contribution in [2.75, 3.05) is 0 Å². The first-order chi connectivity index (χ1) is 11.1. The van der Waals surface area contributed by atoms with Gasteiger partial charge in [0.2, 0.25) is 0 Å². The lowest BCUT2D eigenvalue weighted by molar-refractivity contribution is 0.177. The van der Waals surface area contributed by atoms with E-state index in [1.54, 1.807) is 55.7 Å². The second kappa shape index (κ2) is 6.50. The van der Waals surface area contributed by atoms with Crippen LogP contribution in [0, 0.1) is 0 Å². The Hall–Kier alpha value is -2.21. The maximum absolute atomic E-state index is 10.7. The molecule has 1 aromatic carbocycles. The van der Waals surface area contributed by atoms with Gasteiger partial charge in [0.15, 0.2) is 5.76 Å². The second-order valence-electron chi connectivity index (χ2n) is 5.18. The molecule has 3 aromatic rings. The quantitative estimate of drug-likeness (QED) is 0.765. The molecule has 2 atom stereocenters. The molecule has 0 aliphatic rings. The molecule has 0 saturated carbocycles. The van der Waals surface area contributed by atoms with E-state index < -0.39 is 12.2 Å². The van der Waals surface area contributed by atoms with Crippen LogP contribution in [0.2, 0.25) is 5.02 Å². The van der Waals surface area contributed by atoms with E-state index in [1.807, 2.05) is 0 Å². The van der Waals surface area contributed by atoms with Gasteiger partial charge in [0.1, 0.15) is 11.8 Å². The number of rotatable bonds is 4. The van der Waals surface area contributed by atoms with Crippen molar-refractivity contribution in [1.29, 1.82) is 0 Å². The van der Waals surface area contributed by atoms with Crippen LogP contribution in [0.1, 0.15) is 36.0 Å². The van der Waals surface area contributed by atoms with Gasteiger partial charge in [-0.3, -0.25) is 4.98 Å². The van der Waals surface area contributed by atoms with E-state index >= 15 is 0 Å². The summed E-state index contributed by atoms with van der Waals surface area (Å²) in [5.74, 6) is 0.397. The van der Waals surface area contributed by atoms with Gasteiger partial charge in [-0.1, -0.05) is 22.8 Å². The normalized spacial score (nSPS) is 13.7. The fourth-order valence-electron chi connectivity index (χ4n) is 2.39. The molecule has 23 heavy (non-hydrogen) atoms. The summed E-state index contributed by atoms with van der Waals surface area (Å²) in [6.07, 6.45) is 1.31. The summed E-state index contributed by atoms with van der Waals surface area (Å²) < 4.78 is 5.39. The number of aromatic nitrogens is 2. The standard InChI is InChI=1S/C17H15ClN2O3/c1-10(21)15-14(16(22)12-3-2-8-19-9-12)17(23-20-15)11-4-6-13(18)7-5-11/h2-10,16,21-22H,1H3. The lowest BCUT2D eigenvalue weighted by atomic mass is 9.96. The SMILES string of the molecule is CC(O)c1noc(-c2ccc(Cl)cc2)c1C(O)c1cccnc1. The van der Waals surface area contributed by atoms with Crippen molar-refractivity contribution < 1.29 is 14.7 Å². The van der Waals surface area contributed by atoms with Crippen LogP contribution in [-0.4, -0.2) is 20.4 Å². The van der Waals surface area contributed by atoms with Crippen LogP contribution in [0.5, 0.6) is 0 Å². The van der Waals surface area contributed by atoms with Crippen LogP contribution in [0.4, 0.5) is 0 Å². The molecule has 0 spiro atoms. The van der Waals surface area contributed by atoms with E-state index in [2.05, 4.69) is 10.1 Å². The van der Waals surface area contributed by atoms with Crippen LogP contribution in [0.3, 0.4) is 0 Å². The Labute approximate surface area is 138 Å². The van der Waals surface area contributed by atoms with Gasteiger partial charge in [-0.25, -0.2) is 0 Å². The molecule has 0 amide bonds. The van der Waals surface area contributed by atoms with Crippen LogP contribution in [0.15, 0.2) is 53.3 Å². The molecule has 6 heteroatoms. The summed E-state index contributed by atoms with van der Waals surface area (Å²) in [6.45, 7) is 1.57. The minimum Gasteiger partial charge on any atom is -0.387 e. The smallest absolute Gasteiger partial charge is 0.173 e. The van der Waals surface area contributed by atoms with E-state index in [0.717, 1.165) is 0 Å². The first kappa shape index (κ1) is 15.7. The number of nitrogens with zero attached hydrogens (tertiary/aromatic N) is 2. The molecule has 0 saturated heterocycles. The van der Waals surface area contributed by atoms with Crippen LogP contribution in [0.25, 0.3) is 11.3 Å². The summed E-state index contributed by atoms with van der Waals surface area (Å²) in [6, 6.07) is 10.5. The predicted octanol–water partition coefficient (Wildman–Crippen LogP) is 3.53. The molecular formula is C17H15ClN2O3. The lowest BCUT2D eigenvalue weighted by Crippen LogP contribution is -2.06. The van der Waals surface area contributed by atoms with Gasteiger partial charge in [-0.15, -0.1) is 0 Å². The highest BCUT2D eigenvalue weighted by Crippen LogP contribution is 2.36. The number of pyridine rings is 1. The minimum atomic E-state index is -1.01. The van der Waals surface area contributed by atoms with Gasteiger partial charge >= 0.3 is 0 Å². The molecule has 118 valence electrons. The topological polar surface area (TPSA) is 79.4 Å². The third-order valence-electron chi connectivity index (χ3n) is 3.53. The van der Waals surface area contributed by atoms with Crippen molar-refractivity contribution in [2.45, 2.75) is 19.1 Å². The number of benzene rings is 1. The molecule has 0 aliphatic heterocycles. The van der Waals surface area contributed by atoms with Gasteiger partial charge in [0.25, 0.3) is 0 Å². The van der Waals surface area contributed by atoms with E-state index in [0.29, 0.717) is 33.2 Å². The molecule has 2 N–H and O–H groups in total. The molecular weight excluding hydrogens is 316 g/mol.